The van der Waals surface area contributed by atoms with Crippen molar-refractivity contribution in [1.29, 1.82) is 0 Å². The van der Waals surface area contributed by atoms with Crippen molar-refractivity contribution >= 4 is 28.0 Å². The number of para-hydroxylation sites is 1. The number of nitrogens with zero attached hydrogens (tertiary/aromatic N) is 4. The molecule has 4 N–H and O–H groups in total. The second-order valence-electron chi connectivity index (χ2n) is 5.59. The van der Waals surface area contributed by atoms with E-state index in [0.717, 1.165) is 27.9 Å². The summed E-state index contributed by atoms with van der Waals surface area (Å²) in [4.78, 5) is 5.88. The van der Waals surface area contributed by atoms with Gasteiger partial charge in [0.05, 0.1) is 11.3 Å². The molecule has 0 radical (unpaired) electrons. The second-order valence-corrected chi connectivity index (χ2v) is 6.77. The summed E-state index contributed by atoms with van der Waals surface area (Å²) in [6.45, 7) is 4.12. The van der Waals surface area contributed by atoms with Gasteiger partial charge in [0.2, 0.25) is 5.13 Å². The van der Waals surface area contributed by atoms with Gasteiger partial charge in [-0.05, 0) is 38.1 Å². The average Bonchev–Trinajstić information content (AvgIpc) is 3.21. The number of aromatic nitrogens is 1. The predicted octanol–water partition coefficient (Wildman–Crippen LogP) is -0.979. The molecule has 26 heavy (non-hydrogen) atoms. The number of nitrogens with two attached hydrogens (primary N) is 1. The number of anilines is 2. The lowest BCUT2D eigenvalue weighted by molar-refractivity contribution is -0.545. The molecule has 1 aliphatic heterocycles. The topological polar surface area (TPSA) is 79.8 Å². The Kier molecular flexibility index (Phi) is 6.49. The number of hydrogen-bond donors (Lipinski definition) is 1. The number of rotatable bonds is 3. The highest BCUT2D eigenvalue weighted by atomic mass is 79.9. The SMILES string of the molecule is Cc1nc(N2N=C(c3ccccc3)[NH2+]N2c2ccccc2)sc1C.O.[Br-]. The third-order valence-electron chi connectivity index (χ3n) is 3.93. The number of halogens is 1. The van der Waals surface area contributed by atoms with Gasteiger partial charge in [0.15, 0.2) is 0 Å². The van der Waals surface area contributed by atoms with Crippen LogP contribution in [-0.2, 0) is 0 Å². The van der Waals surface area contributed by atoms with Gasteiger partial charge < -0.3 is 22.5 Å². The molecule has 0 aliphatic carbocycles. The fraction of sp³-hybridized carbons (Fsp3) is 0.111. The number of hydrazine groups is 1. The molecule has 0 bridgehead atoms. The third kappa shape index (κ3) is 3.78. The zero-order chi connectivity index (χ0) is 16.5. The largest absolute Gasteiger partial charge is 1.00 e. The fourth-order valence-corrected chi connectivity index (χ4v) is 3.39. The van der Waals surface area contributed by atoms with E-state index in [-0.39, 0.29) is 22.5 Å². The molecular formula is C18H20BrN5OS. The molecule has 0 amide bonds. The van der Waals surface area contributed by atoms with Crippen LogP contribution >= 0.6 is 11.3 Å². The predicted molar refractivity (Wildman–Crippen MR) is 102 cm³/mol. The standard InChI is InChI=1S/C18H17N5S.BrH.H2O/c1-13-14(2)24-18(19-13)23-21-17(15-9-5-3-6-10-15)20-22(23)16-11-7-4-8-12-16;;/h3-12H,1-2H3,(H,20,21);1H;1H2. The molecule has 0 fully saturated rings. The number of aryl methyl sites for hydroxylation is 2. The van der Waals surface area contributed by atoms with Crippen LogP contribution in [0.5, 0.6) is 0 Å². The number of quaternary nitrogens is 1. The van der Waals surface area contributed by atoms with E-state index in [1.54, 1.807) is 11.3 Å². The monoisotopic (exact) mass is 433 g/mol. The van der Waals surface area contributed by atoms with Crippen LogP contribution in [0.1, 0.15) is 16.1 Å². The van der Waals surface area contributed by atoms with E-state index in [4.69, 9.17) is 5.10 Å². The van der Waals surface area contributed by atoms with Crippen molar-refractivity contribution in [2.24, 2.45) is 5.10 Å². The molecule has 6 nitrogen and oxygen atoms in total. The molecule has 1 aliphatic rings. The molecule has 3 aromatic rings. The summed E-state index contributed by atoms with van der Waals surface area (Å²) >= 11 is 1.65. The lowest BCUT2D eigenvalue weighted by atomic mass is 10.2. The van der Waals surface area contributed by atoms with Crippen molar-refractivity contribution in [3.8, 4) is 0 Å². The Hall–Kier alpha value is -2.26. The van der Waals surface area contributed by atoms with Crippen LogP contribution in [0.2, 0.25) is 0 Å². The van der Waals surface area contributed by atoms with Gasteiger partial charge in [-0.25, -0.2) is 4.98 Å². The van der Waals surface area contributed by atoms with Gasteiger partial charge in [-0.2, -0.15) is 5.43 Å². The quantitative estimate of drug-likeness (QED) is 0.539. The highest BCUT2D eigenvalue weighted by molar-refractivity contribution is 7.15. The molecule has 0 spiro atoms. The Labute approximate surface area is 166 Å². The van der Waals surface area contributed by atoms with Crippen molar-refractivity contribution in [1.82, 2.24) is 4.98 Å². The molecule has 0 atom stereocenters. The van der Waals surface area contributed by atoms with Gasteiger partial charge in [-0.1, -0.05) is 58.0 Å². The van der Waals surface area contributed by atoms with Gasteiger partial charge in [-0.15, -0.1) is 5.12 Å². The van der Waals surface area contributed by atoms with E-state index in [1.807, 2.05) is 53.6 Å². The summed E-state index contributed by atoms with van der Waals surface area (Å²) in [5, 5.41) is 9.60. The number of hydrazone groups is 1. The summed E-state index contributed by atoms with van der Waals surface area (Å²) in [5.74, 6) is 0.921. The molecule has 4 rings (SSSR count). The highest BCUT2D eigenvalue weighted by Crippen LogP contribution is 2.28. The van der Waals surface area contributed by atoms with E-state index >= 15 is 0 Å². The first-order chi connectivity index (χ1) is 11.7. The van der Waals surface area contributed by atoms with Crippen LogP contribution in [0.3, 0.4) is 0 Å². The van der Waals surface area contributed by atoms with Gasteiger partial charge in [0.1, 0.15) is 5.69 Å². The van der Waals surface area contributed by atoms with Gasteiger partial charge in [0, 0.05) is 4.88 Å². The minimum absolute atomic E-state index is 0. The lowest BCUT2D eigenvalue weighted by Gasteiger charge is -2.21. The van der Waals surface area contributed by atoms with Crippen LogP contribution in [0.25, 0.3) is 0 Å². The minimum Gasteiger partial charge on any atom is -1.00 e. The minimum atomic E-state index is 0. The maximum atomic E-state index is 4.81. The van der Waals surface area contributed by atoms with Crippen molar-refractivity contribution in [3.63, 3.8) is 0 Å². The molecule has 8 heteroatoms. The average molecular weight is 434 g/mol. The van der Waals surface area contributed by atoms with E-state index in [0.29, 0.717) is 0 Å². The molecule has 2 aromatic carbocycles. The van der Waals surface area contributed by atoms with Crippen LogP contribution in [0.15, 0.2) is 65.8 Å². The molecule has 0 saturated heterocycles. The smallest absolute Gasteiger partial charge is 0.277 e. The Morgan fingerprint density at radius 2 is 1.54 bits per heavy atom. The Morgan fingerprint density at radius 1 is 0.923 bits per heavy atom. The summed E-state index contributed by atoms with van der Waals surface area (Å²) in [6, 6.07) is 20.4. The third-order valence-corrected chi connectivity index (χ3v) is 4.97. The summed E-state index contributed by atoms with van der Waals surface area (Å²) in [7, 11) is 0. The van der Waals surface area contributed by atoms with Crippen molar-refractivity contribution < 1.29 is 27.9 Å². The van der Waals surface area contributed by atoms with Crippen LogP contribution < -0.4 is 32.6 Å². The van der Waals surface area contributed by atoms with Crippen molar-refractivity contribution in [2.45, 2.75) is 13.8 Å². The van der Waals surface area contributed by atoms with Crippen LogP contribution in [0, 0.1) is 13.8 Å². The molecule has 136 valence electrons. The normalized spacial score (nSPS) is 13.1. The number of benzene rings is 2. The van der Waals surface area contributed by atoms with Crippen LogP contribution in [-0.4, -0.2) is 16.3 Å². The van der Waals surface area contributed by atoms with Crippen LogP contribution in [0.4, 0.5) is 10.8 Å². The summed E-state index contributed by atoms with van der Waals surface area (Å²) < 4.78 is 0. The summed E-state index contributed by atoms with van der Waals surface area (Å²) in [5.41, 5.74) is 5.24. The maximum absolute atomic E-state index is 4.81. The first-order valence-electron chi connectivity index (χ1n) is 7.79. The molecular weight excluding hydrogens is 414 g/mol. The zero-order valence-electron chi connectivity index (χ0n) is 14.4. The molecule has 0 saturated carbocycles. The van der Waals surface area contributed by atoms with Crippen molar-refractivity contribution in [2.75, 3.05) is 10.2 Å². The number of amidine groups is 1. The van der Waals surface area contributed by atoms with Gasteiger partial charge in [0.25, 0.3) is 5.84 Å². The number of thiazole rings is 1. The molecule has 1 aromatic heterocycles. The first-order valence-corrected chi connectivity index (χ1v) is 8.61. The number of hydrogen-bond acceptors (Lipinski definition) is 5. The molecule has 2 heterocycles. The van der Waals surface area contributed by atoms with Gasteiger partial charge in [-0.3, -0.25) is 0 Å². The first kappa shape index (κ1) is 20.1. The summed E-state index contributed by atoms with van der Waals surface area (Å²) in [6.07, 6.45) is 0. The zero-order valence-corrected chi connectivity index (χ0v) is 16.8. The van der Waals surface area contributed by atoms with Gasteiger partial charge >= 0.3 is 0 Å². The lowest BCUT2D eigenvalue weighted by Crippen LogP contribution is -3.00. The Morgan fingerprint density at radius 3 is 2.12 bits per heavy atom. The fourth-order valence-electron chi connectivity index (χ4n) is 2.53. The highest BCUT2D eigenvalue weighted by Gasteiger charge is 2.33. The molecule has 0 unspecified atom stereocenters. The second kappa shape index (κ2) is 8.41. The Bertz CT molecular complexity index is 866. The van der Waals surface area contributed by atoms with E-state index < -0.39 is 0 Å². The van der Waals surface area contributed by atoms with Crippen molar-refractivity contribution in [3.05, 3.63) is 76.8 Å². The Balaban J connectivity index is 0.00000121. The van der Waals surface area contributed by atoms with E-state index in [2.05, 4.69) is 41.6 Å². The maximum Gasteiger partial charge on any atom is 0.277 e. The van der Waals surface area contributed by atoms with E-state index in [9.17, 15) is 0 Å². The van der Waals surface area contributed by atoms with E-state index in [1.165, 1.54) is 4.88 Å².